The van der Waals surface area contributed by atoms with Crippen molar-refractivity contribution in [3.05, 3.63) is 23.5 Å². The number of nitrogens with two attached hydrogens (primary N) is 2. The van der Waals surface area contributed by atoms with Crippen molar-refractivity contribution < 1.29 is 4.74 Å². The molecule has 0 rings (SSSR count). The Balaban J connectivity index is 4.11. The first-order valence-electron chi connectivity index (χ1n) is 3.50. The lowest BCUT2D eigenvalue weighted by Gasteiger charge is -2.08. The minimum Gasteiger partial charge on any atom is -0.402 e. The van der Waals surface area contributed by atoms with Gasteiger partial charge in [-0.05, 0) is 26.0 Å². The van der Waals surface area contributed by atoms with E-state index in [2.05, 4.69) is 0 Å². The summed E-state index contributed by atoms with van der Waals surface area (Å²) >= 11 is 0. The van der Waals surface area contributed by atoms with Gasteiger partial charge in [0.05, 0.1) is 6.10 Å². The number of ether oxygens (including phenoxy) is 1. The van der Waals surface area contributed by atoms with Crippen LogP contribution in [0.4, 0.5) is 0 Å². The van der Waals surface area contributed by atoms with E-state index in [-0.39, 0.29) is 6.10 Å². The quantitative estimate of drug-likeness (QED) is 0.592. The van der Waals surface area contributed by atoms with Crippen LogP contribution in [0, 0.1) is 0 Å². The third-order valence-corrected chi connectivity index (χ3v) is 1.36. The molecule has 64 valence electrons. The van der Waals surface area contributed by atoms with Gasteiger partial charge in [-0.15, -0.1) is 0 Å². The van der Waals surface area contributed by atoms with Crippen LogP contribution in [0.1, 0.15) is 13.8 Å². The molecule has 0 aromatic rings. The van der Waals surface area contributed by atoms with Gasteiger partial charge in [0.2, 0.25) is 0 Å². The van der Waals surface area contributed by atoms with Crippen LogP contribution < -0.4 is 11.5 Å². The Kier molecular flexibility index (Phi) is 4.38. The summed E-state index contributed by atoms with van der Waals surface area (Å²) in [5, 5.41) is 0. The summed E-state index contributed by atoms with van der Waals surface area (Å²) in [6, 6.07) is 0. The van der Waals surface area contributed by atoms with Crippen LogP contribution in [0.2, 0.25) is 0 Å². The summed E-state index contributed by atoms with van der Waals surface area (Å²) < 4.78 is 4.98. The van der Waals surface area contributed by atoms with Crippen LogP contribution in [0.5, 0.6) is 0 Å². The second-order valence-corrected chi connectivity index (χ2v) is 2.46. The lowest BCUT2D eigenvalue weighted by molar-refractivity contribution is 0.145. The van der Waals surface area contributed by atoms with Crippen LogP contribution in [0.25, 0.3) is 0 Å². The number of rotatable bonds is 3. The molecule has 1 atom stereocenters. The molecule has 3 heteroatoms. The highest BCUT2D eigenvalue weighted by molar-refractivity contribution is 5.15. The maximum Gasteiger partial charge on any atom is 0.0935 e. The van der Waals surface area contributed by atoms with Gasteiger partial charge in [-0.25, -0.2) is 0 Å². The fraction of sp³-hybridized carbons (Fsp3) is 0.500. The van der Waals surface area contributed by atoms with Gasteiger partial charge in [0.25, 0.3) is 0 Å². The van der Waals surface area contributed by atoms with E-state index >= 15 is 0 Å². The Labute approximate surface area is 67.7 Å². The fourth-order valence-electron chi connectivity index (χ4n) is 0.499. The Morgan fingerprint density at radius 3 is 2.27 bits per heavy atom. The van der Waals surface area contributed by atoms with E-state index in [0.29, 0.717) is 5.70 Å². The molecule has 0 heterocycles. The minimum absolute atomic E-state index is 0.0504. The van der Waals surface area contributed by atoms with Crippen molar-refractivity contribution in [1.82, 2.24) is 0 Å². The summed E-state index contributed by atoms with van der Waals surface area (Å²) in [4.78, 5) is 0. The number of methoxy groups -OCH3 is 1. The largest absolute Gasteiger partial charge is 0.402 e. The highest BCUT2D eigenvalue weighted by Gasteiger charge is 1.99. The van der Waals surface area contributed by atoms with Gasteiger partial charge in [0.15, 0.2) is 0 Å². The van der Waals surface area contributed by atoms with Gasteiger partial charge >= 0.3 is 0 Å². The van der Waals surface area contributed by atoms with Crippen molar-refractivity contribution in [3.63, 3.8) is 0 Å². The molecule has 0 bridgehead atoms. The van der Waals surface area contributed by atoms with Crippen LogP contribution in [0.15, 0.2) is 23.5 Å². The molecular weight excluding hydrogens is 140 g/mol. The zero-order chi connectivity index (χ0) is 8.85. The molecule has 0 spiro atoms. The van der Waals surface area contributed by atoms with Crippen molar-refractivity contribution in [1.29, 1.82) is 0 Å². The van der Waals surface area contributed by atoms with Crippen LogP contribution in [0.3, 0.4) is 0 Å². The van der Waals surface area contributed by atoms with Gasteiger partial charge in [0.1, 0.15) is 0 Å². The molecule has 3 nitrogen and oxygen atoms in total. The van der Waals surface area contributed by atoms with Gasteiger partial charge in [-0.3, -0.25) is 0 Å². The zero-order valence-corrected chi connectivity index (χ0v) is 7.29. The van der Waals surface area contributed by atoms with Crippen LogP contribution in [-0.2, 0) is 4.74 Å². The van der Waals surface area contributed by atoms with E-state index in [1.165, 1.54) is 0 Å². The molecule has 0 saturated heterocycles. The zero-order valence-electron chi connectivity index (χ0n) is 7.29. The second-order valence-electron chi connectivity index (χ2n) is 2.46. The molecule has 0 radical (unpaired) electrons. The van der Waals surface area contributed by atoms with E-state index in [9.17, 15) is 0 Å². The van der Waals surface area contributed by atoms with E-state index in [1.807, 2.05) is 6.92 Å². The maximum atomic E-state index is 5.61. The van der Waals surface area contributed by atoms with Crippen molar-refractivity contribution in [2.24, 2.45) is 11.5 Å². The average molecular weight is 156 g/mol. The number of allylic oxidation sites excluding steroid dienone is 3. The number of hydrogen-bond acceptors (Lipinski definition) is 3. The molecular formula is C8H16N2O. The molecule has 0 amide bonds. The molecule has 0 aromatic heterocycles. The highest BCUT2D eigenvalue weighted by atomic mass is 16.5. The smallest absolute Gasteiger partial charge is 0.0935 e. The Morgan fingerprint density at radius 2 is 1.91 bits per heavy atom. The normalized spacial score (nSPS) is 16.6. The fourth-order valence-corrected chi connectivity index (χ4v) is 0.499. The Bertz CT molecular complexity index is 169. The van der Waals surface area contributed by atoms with Gasteiger partial charge < -0.3 is 16.2 Å². The summed E-state index contributed by atoms with van der Waals surface area (Å²) in [6.45, 7) is 3.69. The summed E-state index contributed by atoms with van der Waals surface area (Å²) in [7, 11) is 1.62. The lowest BCUT2D eigenvalue weighted by atomic mass is 10.2. The molecule has 1 unspecified atom stereocenters. The molecule has 0 aromatic carbocycles. The molecule has 4 N–H and O–H groups in total. The molecule has 0 saturated carbocycles. The molecule has 0 aliphatic heterocycles. The molecule has 11 heavy (non-hydrogen) atoms. The van der Waals surface area contributed by atoms with Crippen molar-refractivity contribution >= 4 is 0 Å². The monoisotopic (exact) mass is 156 g/mol. The van der Waals surface area contributed by atoms with Gasteiger partial charge in [-0.1, -0.05) is 0 Å². The van der Waals surface area contributed by atoms with Crippen LogP contribution in [-0.4, -0.2) is 13.2 Å². The lowest BCUT2D eigenvalue weighted by Crippen LogP contribution is -2.15. The van der Waals surface area contributed by atoms with Crippen molar-refractivity contribution in [2.75, 3.05) is 7.11 Å². The highest BCUT2D eigenvalue weighted by Crippen LogP contribution is 1.98. The van der Waals surface area contributed by atoms with E-state index in [0.717, 1.165) is 5.70 Å². The van der Waals surface area contributed by atoms with Crippen LogP contribution >= 0.6 is 0 Å². The second kappa shape index (κ2) is 4.79. The average Bonchev–Trinajstić information content (AvgIpc) is 1.98. The third-order valence-electron chi connectivity index (χ3n) is 1.36. The Hall–Kier alpha value is -0.960. The number of hydrogen-bond donors (Lipinski definition) is 2. The van der Waals surface area contributed by atoms with E-state index in [1.54, 1.807) is 26.2 Å². The summed E-state index contributed by atoms with van der Waals surface area (Å²) in [6.07, 6.45) is 3.46. The predicted octanol–water partition coefficient (Wildman–Crippen LogP) is 0.726. The SMILES string of the molecule is COC(C)/C(N)=C\C=C(/C)N. The minimum atomic E-state index is -0.0504. The van der Waals surface area contributed by atoms with E-state index in [4.69, 9.17) is 16.2 Å². The molecule has 0 aliphatic carbocycles. The summed E-state index contributed by atoms with van der Waals surface area (Å²) in [5.74, 6) is 0. The first-order chi connectivity index (χ1) is 5.07. The predicted molar refractivity (Wildman–Crippen MR) is 46.7 cm³/mol. The Morgan fingerprint density at radius 1 is 1.36 bits per heavy atom. The van der Waals surface area contributed by atoms with Crippen molar-refractivity contribution in [2.45, 2.75) is 20.0 Å². The third kappa shape index (κ3) is 4.44. The molecule has 0 aliphatic rings. The van der Waals surface area contributed by atoms with Gasteiger partial charge in [0, 0.05) is 18.5 Å². The first kappa shape index (κ1) is 10.0. The maximum absolute atomic E-state index is 5.61. The molecule has 0 fully saturated rings. The summed E-state index contributed by atoms with van der Waals surface area (Å²) in [5.41, 5.74) is 12.4. The first-order valence-corrected chi connectivity index (χ1v) is 3.50. The van der Waals surface area contributed by atoms with E-state index < -0.39 is 0 Å². The van der Waals surface area contributed by atoms with Gasteiger partial charge in [-0.2, -0.15) is 0 Å². The van der Waals surface area contributed by atoms with Crippen molar-refractivity contribution in [3.8, 4) is 0 Å². The topological polar surface area (TPSA) is 61.3 Å². The standard InChI is InChI=1S/C8H16N2O/c1-6(9)4-5-8(10)7(2)11-3/h4-5,7H,9-10H2,1-3H3/b6-4+,8-5+.